The van der Waals surface area contributed by atoms with Crippen LogP contribution in [0.4, 0.5) is 11.4 Å². The zero-order chi connectivity index (χ0) is 19.0. The number of anilines is 2. The highest BCUT2D eigenvalue weighted by Crippen LogP contribution is 2.25. The Bertz CT molecular complexity index is 1060. The lowest BCUT2D eigenvalue weighted by Gasteiger charge is -2.20. The Morgan fingerprint density at radius 1 is 1.19 bits per heavy atom. The molecule has 0 saturated carbocycles. The third-order valence-corrected chi connectivity index (χ3v) is 4.50. The Morgan fingerprint density at radius 2 is 1.96 bits per heavy atom. The van der Waals surface area contributed by atoms with Crippen LogP contribution in [0.5, 0.6) is 0 Å². The van der Waals surface area contributed by atoms with Crippen molar-refractivity contribution in [1.82, 2.24) is 9.55 Å². The first-order chi connectivity index (χ1) is 13.0. The van der Waals surface area contributed by atoms with Crippen molar-refractivity contribution < 1.29 is 9.59 Å². The number of para-hydroxylation sites is 1. The van der Waals surface area contributed by atoms with Crippen LogP contribution in [0.2, 0.25) is 0 Å². The second-order valence-corrected chi connectivity index (χ2v) is 6.36. The minimum absolute atomic E-state index is 0.155. The van der Waals surface area contributed by atoms with Crippen LogP contribution < -0.4 is 16.1 Å². The number of fused-ring (bicyclic) bond motifs is 1. The number of aryl methyl sites for hydroxylation is 1. The molecule has 27 heavy (non-hydrogen) atoms. The minimum atomic E-state index is -0.688. The Hall–Kier alpha value is -3.68. The van der Waals surface area contributed by atoms with Gasteiger partial charge in [-0.3, -0.25) is 14.6 Å². The molecule has 1 aliphatic rings. The van der Waals surface area contributed by atoms with E-state index in [1.165, 1.54) is 5.01 Å². The van der Waals surface area contributed by atoms with Gasteiger partial charge in [0.1, 0.15) is 11.8 Å². The molecule has 1 aromatic heterocycles. The Balaban J connectivity index is 1.57. The van der Waals surface area contributed by atoms with E-state index in [0.717, 1.165) is 11.0 Å². The number of nitrogens with zero attached hydrogens (tertiary/aromatic N) is 4. The first-order valence-corrected chi connectivity index (χ1v) is 8.46. The molecule has 4 rings (SSSR count). The molecule has 3 aromatic rings. The first kappa shape index (κ1) is 16.8. The molecule has 0 aliphatic carbocycles. The van der Waals surface area contributed by atoms with Gasteiger partial charge in [-0.15, -0.1) is 0 Å². The number of hydrazone groups is 1. The van der Waals surface area contributed by atoms with Crippen LogP contribution in [0.25, 0.3) is 11.0 Å². The van der Waals surface area contributed by atoms with Crippen molar-refractivity contribution in [3.8, 4) is 0 Å². The van der Waals surface area contributed by atoms with Crippen molar-refractivity contribution in [2.75, 3.05) is 10.3 Å². The number of nitrogens with one attached hydrogen (secondary N) is 1. The quantitative estimate of drug-likeness (QED) is 0.736. The van der Waals surface area contributed by atoms with Crippen molar-refractivity contribution in [2.45, 2.75) is 12.5 Å². The number of hydrogen-bond donors (Lipinski definition) is 2. The number of carbonyl (C=O) groups excluding carboxylic acids is 2. The predicted octanol–water partition coefficient (Wildman–Crippen LogP) is 1.63. The maximum Gasteiger partial charge on any atom is 0.271 e. The molecule has 8 heteroatoms. The number of primary amides is 1. The van der Waals surface area contributed by atoms with E-state index in [9.17, 15) is 9.59 Å². The third-order valence-electron chi connectivity index (χ3n) is 4.50. The zero-order valence-electron chi connectivity index (χ0n) is 14.7. The van der Waals surface area contributed by atoms with Gasteiger partial charge in [0.2, 0.25) is 5.91 Å². The summed E-state index contributed by atoms with van der Waals surface area (Å²) in [6.07, 6.45) is 1.87. The lowest BCUT2D eigenvalue weighted by molar-refractivity contribution is -0.119. The molecular formula is C19H18N6O2. The van der Waals surface area contributed by atoms with E-state index >= 15 is 0 Å². The van der Waals surface area contributed by atoms with Gasteiger partial charge < -0.3 is 15.6 Å². The number of benzene rings is 2. The molecule has 0 spiro atoms. The minimum Gasteiger partial charge on any atom is -0.368 e. The molecule has 1 atom stereocenters. The number of hydrogen-bond acceptors (Lipinski definition) is 5. The number of carbonyl (C=O) groups is 2. The van der Waals surface area contributed by atoms with E-state index in [0.29, 0.717) is 11.4 Å². The number of rotatable bonds is 4. The van der Waals surface area contributed by atoms with Crippen LogP contribution in [0.3, 0.4) is 0 Å². The summed E-state index contributed by atoms with van der Waals surface area (Å²) in [6, 6.07) is 14.0. The fourth-order valence-electron chi connectivity index (χ4n) is 3.10. The van der Waals surface area contributed by atoms with Crippen molar-refractivity contribution in [3.63, 3.8) is 0 Å². The van der Waals surface area contributed by atoms with E-state index < -0.39 is 11.9 Å². The molecule has 3 N–H and O–H groups in total. The highest BCUT2D eigenvalue weighted by Gasteiger charge is 2.34. The van der Waals surface area contributed by atoms with Crippen LogP contribution in [0.15, 0.2) is 60.0 Å². The van der Waals surface area contributed by atoms with Gasteiger partial charge in [0, 0.05) is 19.2 Å². The van der Waals surface area contributed by atoms with E-state index in [-0.39, 0.29) is 18.0 Å². The van der Waals surface area contributed by atoms with E-state index in [2.05, 4.69) is 15.4 Å². The Labute approximate surface area is 155 Å². The Morgan fingerprint density at radius 3 is 2.70 bits per heavy atom. The number of nitrogens with two attached hydrogens (primary N) is 1. The molecule has 0 saturated heterocycles. The fourth-order valence-corrected chi connectivity index (χ4v) is 3.10. The Kier molecular flexibility index (Phi) is 4.08. The molecule has 0 bridgehead atoms. The van der Waals surface area contributed by atoms with Gasteiger partial charge in [-0.05, 0) is 30.3 Å². The largest absolute Gasteiger partial charge is 0.368 e. The average molecular weight is 362 g/mol. The van der Waals surface area contributed by atoms with Gasteiger partial charge in [0.15, 0.2) is 0 Å². The summed E-state index contributed by atoms with van der Waals surface area (Å²) in [4.78, 5) is 28.8. The molecule has 0 fully saturated rings. The summed E-state index contributed by atoms with van der Waals surface area (Å²) < 4.78 is 1.90. The summed E-state index contributed by atoms with van der Waals surface area (Å²) in [7, 11) is 1.91. The second-order valence-electron chi connectivity index (χ2n) is 6.36. The van der Waals surface area contributed by atoms with Gasteiger partial charge in [0.25, 0.3) is 5.91 Å². The summed E-state index contributed by atoms with van der Waals surface area (Å²) in [5.41, 5.74) is 8.83. The normalized spacial score (nSPS) is 16.4. The zero-order valence-corrected chi connectivity index (χ0v) is 14.7. The maximum absolute atomic E-state index is 12.7. The van der Waals surface area contributed by atoms with Gasteiger partial charge in [-0.1, -0.05) is 18.2 Å². The smallest absolute Gasteiger partial charge is 0.271 e. The van der Waals surface area contributed by atoms with E-state index in [1.54, 1.807) is 18.5 Å². The van der Waals surface area contributed by atoms with Crippen LogP contribution in [0, 0.1) is 0 Å². The molecule has 2 amide bonds. The average Bonchev–Trinajstić information content (AvgIpc) is 3.27. The third kappa shape index (κ3) is 3.12. The van der Waals surface area contributed by atoms with Crippen molar-refractivity contribution >= 4 is 39.9 Å². The lowest BCUT2D eigenvalue weighted by atomic mass is 10.1. The van der Waals surface area contributed by atoms with Crippen LogP contribution in [0.1, 0.15) is 6.42 Å². The second kappa shape index (κ2) is 6.56. The lowest BCUT2D eigenvalue weighted by Crippen LogP contribution is -2.39. The number of amides is 2. The molecule has 2 aromatic carbocycles. The van der Waals surface area contributed by atoms with E-state index in [4.69, 9.17) is 5.73 Å². The molecule has 2 heterocycles. The van der Waals surface area contributed by atoms with Gasteiger partial charge in [-0.2, -0.15) is 5.10 Å². The van der Waals surface area contributed by atoms with Crippen molar-refractivity contribution in [1.29, 1.82) is 0 Å². The summed E-state index contributed by atoms with van der Waals surface area (Å²) in [5.74, 6) is -0.893. The highest BCUT2D eigenvalue weighted by atomic mass is 16.2. The highest BCUT2D eigenvalue weighted by molar-refractivity contribution is 6.44. The monoisotopic (exact) mass is 362 g/mol. The molecule has 136 valence electrons. The SMILES string of the molecule is Cn1cnc2cc(NC(=O)C3=NN(c4ccccc4)C(C(N)=O)C3)ccc21. The van der Waals surface area contributed by atoms with Crippen LogP contribution >= 0.6 is 0 Å². The van der Waals surface area contributed by atoms with Crippen LogP contribution in [-0.4, -0.2) is 33.1 Å². The summed E-state index contributed by atoms with van der Waals surface area (Å²) in [6.45, 7) is 0. The van der Waals surface area contributed by atoms with Crippen LogP contribution in [-0.2, 0) is 16.6 Å². The first-order valence-electron chi connectivity index (χ1n) is 8.46. The molecule has 1 aliphatic heterocycles. The van der Waals surface area contributed by atoms with Gasteiger partial charge >= 0.3 is 0 Å². The maximum atomic E-state index is 12.7. The van der Waals surface area contributed by atoms with Gasteiger partial charge in [-0.25, -0.2) is 4.98 Å². The molecular weight excluding hydrogens is 344 g/mol. The van der Waals surface area contributed by atoms with Crippen molar-refractivity contribution in [3.05, 3.63) is 54.9 Å². The summed E-state index contributed by atoms with van der Waals surface area (Å²) in [5, 5.41) is 8.66. The van der Waals surface area contributed by atoms with Crippen molar-refractivity contribution in [2.24, 2.45) is 17.9 Å². The number of imidazole rings is 1. The predicted molar refractivity (Wildman–Crippen MR) is 103 cm³/mol. The van der Waals surface area contributed by atoms with E-state index in [1.807, 2.05) is 48.0 Å². The summed E-state index contributed by atoms with van der Waals surface area (Å²) >= 11 is 0. The molecule has 8 nitrogen and oxygen atoms in total. The molecule has 0 radical (unpaired) electrons. The van der Waals surface area contributed by atoms with Gasteiger partial charge in [0.05, 0.1) is 23.0 Å². The number of aromatic nitrogens is 2. The standard InChI is InChI=1S/C19H18N6O2/c1-24-11-21-14-9-12(7-8-16(14)24)22-19(27)15-10-17(18(20)26)25(23-15)13-5-3-2-4-6-13/h2-9,11,17H,10H2,1H3,(H2,20,26)(H,22,27). The molecule has 1 unspecified atom stereocenters. The topological polar surface area (TPSA) is 106 Å². The fraction of sp³-hybridized carbons (Fsp3) is 0.158.